The number of aliphatic carboxylic acids is 1. The molecule has 6 heteroatoms. The first-order valence-electron chi connectivity index (χ1n) is 6.96. The third-order valence-electron chi connectivity index (χ3n) is 3.40. The van der Waals surface area contributed by atoms with Gasteiger partial charge in [0.1, 0.15) is 11.9 Å². The smallest absolute Gasteiger partial charge is 0.326 e. The van der Waals surface area contributed by atoms with Gasteiger partial charge in [-0.05, 0) is 24.0 Å². The van der Waals surface area contributed by atoms with E-state index < -0.39 is 18.0 Å². The molecule has 0 bridgehead atoms. The van der Waals surface area contributed by atoms with Crippen LogP contribution in [-0.4, -0.2) is 29.7 Å². The fraction of sp³-hybridized carbons (Fsp3) is 0.467. The van der Waals surface area contributed by atoms with Crippen molar-refractivity contribution in [1.29, 1.82) is 0 Å². The standard InChI is InChI=1S/C15H21FN2O3/c1-3-10(2)13(14(19)20)18-15(21)17-9-8-11-6-4-5-7-12(11)16/h4-7,10,13H,3,8-9H2,1-2H3,(H,19,20)(H2,17,18,21)/t10-,13+/m0/s1. The number of carbonyl (C=O) groups is 2. The molecule has 1 aromatic rings. The summed E-state index contributed by atoms with van der Waals surface area (Å²) in [7, 11) is 0. The first-order valence-corrected chi connectivity index (χ1v) is 6.96. The van der Waals surface area contributed by atoms with E-state index >= 15 is 0 Å². The Morgan fingerprint density at radius 3 is 2.57 bits per heavy atom. The highest BCUT2D eigenvalue weighted by atomic mass is 19.1. The molecule has 2 amide bonds. The normalized spacial score (nSPS) is 13.3. The molecule has 0 heterocycles. The summed E-state index contributed by atoms with van der Waals surface area (Å²) in [4.78, 5) is 22.8. The SMILES string of the molecule is CC[C@H](C)[C@@H](NC(=O)NCCc1ccccc1F)C(=O)O. The molecule has 1 aromatic carbocycles. The largest absolute Gasteiger partial charge is 0.480 e. The van der Waals surface area contributed by atoms with Crippen LogP contribution >= 0.6 is 0 Å². The number of halogens is 1. The molecule has 0 unspecified atom stereocenters. The van der Waals surface area contributed by atoms with Gasteiger partial charge in [-0.3, -0.25) is 0 Å². The zero-order chi connectivity index (χ0) is 15.8. The summed E-state index contributed by atoms with van der Waals surface area (Å²) in [5, 5.41) is 14.0. The molecule has 0 fully saturated rings. The molecular weight excluding hydrogens is 275 g/mol. The molecule has 5 nitrogen and oxygen atoms in total. The van der Waals surface area contributed by atoms with E-state index in [0.29, 0.717) is 18.4 Å². The van der Waals surface area contributed by atoms with Gasteiger partial charge in [0.15, 0.2) is 0 Å². The first-order chi connectivity index (χ1) is 9.95. The van der Waals surface area contributed by atoms with E-state index in [1.165, 1.54) is 6.07 Å². The van der Waals surface area contributed by atoms with Crippen molar-refractivity contribution in [3.05, 3.63) is 35.6 Å². The van der Waals surface area contributed by atoms with Crippen molar-refractivity contribution in [3.63, 3.8) is 0 Å². The monoisotopic (exact) mass is 296 g/mol. The highest BCUT2D eigenvalue weighted by Gasteiger charge is 2.24. The van der Waals surface area contributed by atoms with Crippen molar-refractivity contribution in [2.75, 3.05) is 6.54 Å². The lowest BCUT2D eigenvalue weighted by Gasteiger charge is -2.20. The number of urea groups is 1. The number of carboxylic acid groups (broad SMARTS) is 1. The van der Waals surface area contributed by atoms with Crippen molar-refractivity contribution in [1.82, 2.24) is 10.6 Å². The summed E-state index contributed by atoms with van der Waals surface area (Å²) >= 11 is 0. The van der Waals surface area contributed by atoms with Crippen molar-refractivity contribution in [3.8, 4) is 0 Å². The predicted molar refractivity (Wildman–Crippen MR) is 77.5 cm³/mol. The van der Waals surface area contributed by atoms with Crippen LogP contribution in [0.1, 0.15) is 25.8 Å². The minimum absolute atomic E-state index is 0.167. The lowest BCUT2D eigenvalue weighted by molar-refractivity contribution is -0.140. The third-order valence-corrected chi connectivity index (χ3v) is 3.40. The van der Waals surface area contributed by atoms with E-state index in [-0.39, 0.29) is 18.3 Å². The average molecular weight is 296 g/mol. The number of carbonyl (C=O) groups excluding carboxylic acids is 1. The molecular formula is C15H21FN2O3. The van der Waals surface area contributed by atoms with E-state index in [4.69, 9.17) is 5.11 Å². The lowest BCUT2D eigenvalue weighted by Crippen LogP contribution is -2.49. The Morgan fingerprint density at radius 1 is 1.33 bits per heavy atom. The molecule has 0 aromatic heterocycles. The molecule has 116 valence electrons. The topological polar surface area (TPSA) is 78.4 Å². The van der Waals surface area contributed by atoms with Crippen LogP contribution in [0.2, 0.25) is 0 Å². The summed E-state index contributed by atoms with van der Waals surface area (Å²) < 4.78 is 13.4. The van der Waals surface area contributed by atoms with Gasteiger partial charge in [0, 0.05) is 6.54 Å². The summed E-state index contributed by atoms with van der Waals surface area (Å²) in [5.41, 5.74) is 0.509. The van der Waals surface area contributed by atoms with Gasteiger partial charge >= 0.3 is 12.0 Å². The Kier molecular flexibility index (Phi) is 6.65. The van der Waals surface area contributed by atoms with E-state index in [1.54, 1.807) is 25.1 Å². The van der Waals surface area contributed by atoms with Gasteiger partial charge in [-0.1, -0.05) is 38.5 Å². The van der Waals surface area contributed by atoms with Crippen LogP contribution in [0.4, 0.5) is 9.18 Å². The van der Waals surface area contributed by atoms with Crippen LogP contribution in [0.15, 0.2) is 24.3 Å². The number of nitrogens with one attached hydrogen (secondary N) is 2. The molecule has 0 saturated carbocycles. The van der Waals surface area contributed by atoms with Crippen molar-refractivity contribution < 1.29 is 19.1 Å². The van der Waals surface area contributed by atoms with Gasteiger partial charge in [0.2, 0.25) is 0 Å². The molecule has 0 radical (unpaired) electrons. The number of carboxylic acids is 1. The first kappa shape index (κ1) is 16.9. The highest BCUT2D eigenvalue weighted by molar-refractivity contribution is 5.82. The van der Waals surface area contributed by atoms with Crippen LogP contribution in [0.25, 0.3) is 0 Å². The number of amides is 2. The predicted octanol–water partition coefficient (Wildman–Crippen LogP) is 2.17. The Labute approximate surface area is 123 Å². The number of rotatable bonds is 7. The summed E-state index contributed by atoms with van der Waals surface area (Å²) in [6, 6.07) is 4.85. The lowest BCUT2D eigenvalue weighted by atomic mass is 9.99. The van der Waals surface area contributed by atoms with E-state index in [0.717, 1.165) is 0 Å². The number of hydrogen-bond acceptors (Lipinski definition) is 2. The molecule has 2 atom stereocenters. The fourth-order valence-electron chi connectivity index (χ4n) is 1.89. The molecule has 21 heavy (non-hydrogen) atoms. The Hall–Kier alpha value is -2.11. The molecule has 0 aliphatic rings. The van der Waals surface area contributed by atoms with Crippen molar-refractivity contribution in [2.24, 2.45) is 5.92 Å². The molecule has 0 aliphatic heterocycles. The molecule has 0 spiro atoms. The van der Waals surface area contributed by atoms with Gasteiger partial charge in [-0.25, -0.2) is 14.0 Å². The van der Waals surface area contributed by atoms with Crippen LogP contribution < -0.4 is 10.6 Å². The van der Waals surface area contributed by atoms with Crippen LogP contribution in [-0.2, 0) is 11.2 Å². The van der Waals surface area contributed by atoms with Crippen molar-refractivity contribution >= 4 is 12.0 Å². The van der Waals surface area contributed by atoms with Crippen LogP contribution in [0.3, 0.4) is 0 Å². The van der Waals surface area contributed by atoms with E-state index in [9.17, 15) is 14.0 Å². The average Bonchev–Trinajstić information content (AvgIpc) is 2.45. The fourth-order valence-corrected chi connectivity index (χ4v) is 1.89. The maximum absolute atomic E-state index is 13.4. The van der Waals surface area contributed by atoms with Gasteiger partial charge < -0.3 is 15.7 Å². The van der Waals surface area contributed by atoms with Gasteiger partial charge in [-0.2, -0.15) is 0 Å². The Bertz CT molecular complexity index is 494. The van der Waals surface area contributed by atoms with Gasteiger partial charge in [0.05, 0.1) is 0 Å². The second-order valence-corrected chi connectivity index (χ2v) is 4.94. The molecule has 0 aliphatic carbocycles. The molecule has 1 rings (SSSR count). The van der Waals surface area contributed by atoms with Gasteiger partial charge in [0.25, 0.3) is 0 Å². The highest BCUT2D eigenvalue weighted by Crippen LogP contribution is 2.08. The third kappa shape index (κ3) is 5.41. The van der Waals surface area contributed by atoms with Crippen LogP contribution in [0.5, 0.6) is 0 Å². The van der Waals surface area contributed by atoms with E-state index in [1.807, 2.05) is 6.92 Å². The Morgan fingerprint density at radius 2 is 2.00 bits per heavy atom. The summed E-state index contributed by atoms with van der Waals surface area (Å²) in [6.07, 6.45) is 0.994. The maximum atomic E-state index is 13.4. The zero-order valence-corrected chi connectivity index (χ0v) is 12.2. The molecule has 0 saturated heterocycles. The van der Waals surface area contributed by atoms with E-state index in [2.05, 4.69) is 10.6 Å². The second-order valence-electron chi connectivity index (χ2n) is 4.94. The second kappa shape index (κ2) is 8.24. The Balaban J connectivity index is 2.43. The molecule has 3 N–H and O–H groups in total. The number of benzene rings is 1. The maximum Gasteiger partial charge on any atom is 0.326 e. The zero-order valence-electron chi connectivity index (χ0n) is 12.2. The quantitative estimate of drug-likeness (QED) is 0.721. The minimum atomic E-state index is -1.06. The number of hydrogen-bond donors (Lipinski definition) is 3. The summed E-state index contributed by atoms with van der Waals surface area (Å²) in [5.74, 6) is -1.55. The van der Waals surface area contributed by atoms with Crippen LogP contribution in [0, 0.1) is 11.7 Å². The van der Waals surface area contributed by atoms with Gasteiger partial charge in [-0.15, -0.1) is 0 Å². The van der Waals surface area contributed by atoms with Crippen molar-refractivity contribution in [2.45, 2.75) is 32.7 Å². The summed E-state index contributed by atoms with van der Waals surface area (Å²) in [6.45, 7) is 3.86. The minimum Gasteiger partial charge on any atom is -0.480 e.